The smallest absolute Gasteiger partial charge is 0.356 e. The first-order valence-electron chi connectivity index (χ1n) is 3.98. The zero-order valence-electron chi connectivity index (χ0n) is 8.90. The SMILES string of the molecule is CC(C(=O)O)[S+](C)C.CNCC(=O)O. The van der Waals surface area contributed by atoms with Crippen molar-refractivity contribution in [2.45, 2.75) is 12.2 Å². The lowest BCUT2D eigenvalue weighted by Gasteiger charge is -1.99. The Bertz CT molecular complexity index is 184. The maximum absolute atomic E-state index is 10.1. The van der Waals surface area contributed by atoms with Gasteiger partial charge in [0.1, 0.15) is 0 Å². The zero-order valence-corrected chi connectivity index (χ0v) is 9.72. The lowest BCUT2D eigenvalue weighted by molar-refractivity contribution is -0.137. The third kappa shape index (κ3) is 11.2. The average Bonchev–Trinajstić information content (AvgIpc) is 2.03. The van der Waals surface area contributed by atoms with Crippen molar-refractivity contribution in [3.8, 4) is 0 Å². The predicted octanol–water partition coefficient (Wildman–Crippen LogP) is -0.372. The minimum atomic E-state index is -0.822. The number of hydrogen-bond acceptors (Lipinski definition) is 3. The van der Waals surface area contributed by atoms with Crippen LogP contribution in [0.3, 0.4) is 0 Å². The topological polar surface area (TPSA) is 86.6 Å². The van der Waals surface area contributed by atoms with Crippen molar-refractivity contribution in [3.63, 3.8) is 0 Å². The Hall–Kier alpha value is -0.750. The second-order valence-electron chi connectivity index (χ2n) is 2.78. The molecule has 1 unspecified atom stereocenters. The molecule has 0 rings (SSSR count). The van der Waals surface area contributed by atoms with Crippen LogP contribution in [0, 0.1) is 0 Å². The molecule has 0 aromatic heterocycles. The van der Waals surface area contributed by atoms with Crippen molar-refractivity contribution in [1.29, 1.82) is 0 Å². The molecule has 14 heavy (non-hydrogen) atoms. The summed E-state index contributed by atoms with van der Waals surface area (Å²) in [6, 6.07) is 0. The molecule has 6 heteroatoms. The number of carboxylic acid groups (broad SMARTS) is 2. The highest BCUT2D eigenvalue weighted by Crippen LogP contribution is 1.96. The van der Waals surface area contributed by atoms with Crippen molar-refractivity contribution in [1.82, 2.24) is 5.32 Å². The Kier molecular flexibility index (Phi) is 9.91. The fourth-order valence-electron chi connectivity index (χ4n) is 0.353. The van der Waals surface area contributed by atoms with Gasteiger partial charge in [-0.25, -0.2) is 4.79 Å². The molecule has 0 bridgehead atoms. The van der Waals surface area contributed by atoms with Gasteiger partial charge in [0.25, 0.3) is 0 Å². The fraction of sp³-hybridized carbons (Fsp3) is 0.750. The number of rotatable bonds is 4. The second-order valence-corrected chi connectivity index (χ2v) is 5.25. The molecule has 0 radical (unpaired) electrons. The van der Waals surface area contributed by atoms with Gasteiger partial charge in [-0.2, -0.15) is 0 Å². The van der Waals surface area contributed by atoms with Gasteiger partial charge in [0.15, 0.2) is 0 Å². The van der Waals surface area contributed by atoms with Crippen molar-refractivity contribution < 1.29 is 19.8 Å². The second kappa shape index (κ2) is 8.83. The lowest BCUT2D eigenvalue weighted by atomic mass is 10.5. The summed E-state index contributed by atoms with van der Waals surface area (Å²) < 4.78 is 0. The normalized spacial score (nSPS) is 11.5. The third-order valence-corrected chi connectivity index (χ3v) is 3.00. The molecule has 0 aliphatic carbocycles. The summed E-state index contributed by atoms with van der Waals surface area (Å²) >= 11 is 0. The summed E-state index contributed by atoms with van der Waals surface area (Å²) in [5.41, 5.74) is 0. The van der Waals surface area contributed by atoms with Gasteiger partial charge in [-0.3, -0.25) is 4.79 Å². The molecule has 84 valence electrons. The summed E-state index contributed by atoms with van der Waals surface area (Å²) in [4.78, 5) is 19.7. The molecule has 3 N–H and O–H groups in total. The molecule has 0 aromatic carbocycles. The Morgan fingerprint density at radius 3 is 1.79 bits per heavy atom. The molecule has 0 saturated heterocycles. The van der Waals surface area contributed by atoms with Crippen LogP contribution in [0.5, 0.6) is 0 Å². The molecule has 0 aliphatic heterocycles. The molecule has 0 aromatic rings. The van der Waals surface area contributed by atoms with Gasteiger partial charge in [-0.15, -0.1) is 0 Å². The average molecular weight is 224 g/mol. The van der Waals surface area contributed by atoms with E-state index in [1.807, 2.05) is 12.5 Å². The van der Waals surface area contributed by atoms with Crippen molar-refractivity contribution in [2.24, 2.45) is 0 Å². The van der Waals surface area contributed by atoms with E-state index in [9.17, 15) is 9.59 Å². The van der Waals surface area contributed by atoms with E-state index in [4.69, 9.17) is 10.2 Å². The molecular weight excluding hydrogens is 206 g/mol. The van der Waals surface area contributed by atoms with Gasteiger partial charge < -0.3 is 15.5 Å². The number of nitrogens with one attached hydrogen (secondary N) is 1. The molecule has 0 saturated carbocycles. The van der Waals surface area contributed by atoms with E-state index in [1.54, 1.807) is 14.0 Å². The molecule has 0 spiro atoms. The van der Waals surface area contributed by atoms with Gasteiger partial charge in [0.2, 0.25) is 5.25 Å². The van der Waals surface area contributed by atoms with Gasteiger partial charge in [0.05, 0.1) is 19.1 Å². The van der Waals surface area contributed by atoms with Crippen molar-refractivity contribution in [3.05, 3.63) is 0 Å². The molecule has 0 aliphatic rings. The minimum Gasteiger partial charge on any atom is -0.480 e. The molecular formula is C8H18NO4S+. The van der Waals surface area contributed by atoms with Crippen LogP contribution in [0.2, 0.25) is 0 Å². The lowest BCUT2D eigenvalue weighted by Crippen LogP contribution is -2.24. The van der Waals surface area contributed by atoms with Crippen molar-refractivity contribution >= 4 is 22.8 Å². The maximum atomic E-state index is 10.1. The van der Waals surface area contributed by atoms with Crippen LogP contribution in [0.15, 0.2) is 0 Å². The summed E-state index contributed by atoms with van der Waals surface area (Å²) in [5, 5.41) is 18.5. The number of carbonyl (C=O) groups is 2. The monoisotopic (exact) mass is 224 g/mol. The summed E-state index contributed by atoms with van der Waals surface area (Å²) in [7, 11) is 1.60. The predicted molar refractivity (Wildman–Crippen MR) is 57.9 cm³/mol. The number of likely N-dealkylation sites (N-methyl/N-ethyl adjacent to an activating group) is 1. The number of carboxylic acids is 2. The quantitative estimate of drug-likeness (QED) is 0.567. The highest BCUT2D eigenvalue weighted by molar-refractivity contribution is 7.96. The summed E-state index contributed by atoms with van der Waals surface area (Å²) in [6.45, 7) is 1.77. The van der Waals surface area contributed by atoms with E-state index in [2.05, 4.69) is 5.32 Å². The van der Waals surface area contributed by atoms with Crippen molar-refractivity contribution in [2.75, 3.05) is 26.1 Å². The minimum absolute atomic E-state index is 0.0100. The standard InChI is InChI=1S/C5H10O2S.C3H7NO2/c1-4(5(6)7)8(2)3;1-4-2-3(5)6/h4H,1-3H3;4H,2H2,1H3,(H,5,6)/p+1. The van der Waals surface area contributed by atoms with Crippen LogP contribution in [0.4, 0.5) is 0 Å². The summed E-state index contributed by atoms with van der Waals surface area (Å²) in [5.74, 6) is -1.52. The van der Waals surface area contributed by atoms with Crippen LogP contribution < -0.4 is 5.32 Å². The first-order chi connectivity index (χ1) is 6.32. The Balaban J connectivity index is 0. The fourth-order valence-corrected chi connectivity index (χ4v) is 0.756. The maximum Gasteiger partial charge on any atom is 0.356 e. The van der Waals surface area contributed by atoms with Crippen LogP contribution in [-0.4, -0.2) is 53.5 Å². The molecule has 1 atom stereocenters. The highest BCUT2D eigenvalue weighted by atomic mass is 32.2. The largest absolute Gasteiger partial charge is 0.480 e. The van der Waals surface area contributed by atoms with E-state index in [0.717, 1.165) is 0 Å². The van der Waals surface area contributed by atoms with E-state index >= 15 is 0 Å². The van der Waals surface area contributed by atoms with Gasteiger partial charge in [-0.05, 0) is 24.9 Å². The molecule has 0 amide bonds. The Morgan fingerprint density at radius 2 is 1.79 bits per heavy atom. The van der Waals surface area contributed by atoms with E-state index in [-0.39, 0.29) is 22.7 Å². The molecule has 5 nitrogen and oxygen atoms in total. The first kappa shape index (κ1) is 15.7. The molecule has 0 fully saturated rings. The van der Waals surface area contributed by atoms with E-state index < -0.39 is 11.9 Å². The first-order valence-corrected chi connectivity index (χ1v) is 6.09. The van der Waals surface area contributed by atoms with Gasteiger partial charge >= 0.3 is 11.9 Å². The number of hydrogen-bond donors (Lipinski definition) is 3. The molecule has 0 heterocycles. The highest BCUT2D eigenvalue weighted by Gasteiger charge is 2.22. The summed E-state index contributed by atoms with van der Waals surface area (Å²) in [6.07, 6.45) is 3.86. The number of aliphatic carboxylic acids is 2. The van der Waals surface area contributed by atoms with Crippen LogP contribution in [-0.2, 0) is 20.5 Å². The van der Waals surface area contributed by atoms with Gasteiger partial charge in [-0.1, -0.05) is 0 Å². The van der Waals surface area contributed by atoms with E-state index in [1.165, 1.54) is 0 Å². The Labute approximate surface area is 86.9 Å². The van der Waals surface area contributed by atoms with Crippen LogP contribution >= 0.6 is 0 Å². The van der Waals surface area contributed by atoms with Crippen LogP contribution in [0.1, 0.15) is 6.92 Å². The van der Waals surface area contributed by atoms with E-state index in [0.29, 0.717) is 0 Å². The third-order valence-electron chi connectivity index (χ3n) is 1.38. The zero-order chi connectivity index (χ0) is 11.7. The van der Waals surface area contributed by atoms with Crippen LogP contribution in [0.25, 0.3) is 0 Å². The Morgan fingerprint density at radius 1 is 1.36 bits per heavy atom. The van der Waals surface area contributed by atoms with Gasteiger partial charge in [0, 0.05) is 0 Å².